The van der Waals surface area contributed by atoms with E-state index in [1.54, 1.807) is 25.5 Å². The lowest BCUT2D eigenvalue weighted by Crippen LogP contribution is -2.17. The zero-order valence-corrected chi connectivity index (χ0v) is 11.5. The monoisotopic (exact) mass is 268 g/mol. The molecule has 0 aromatic heterocycles. The Hall–Kier alpha value is -2.62. The van der Waals surface area contributed by atoms with E-state index in [4.69, 9.17) is 4.74 Å². The summed E-state index contributed by atoms with van der Waals surface area (Å²) in [7, 11) is 1.59. The Morgan fingerprint density at radius 3 is 2.55 bits per heavy atom. The van der Waals surface area contributed by atoms with Crippen molar-refractivity contribution < 1.29 is 9.53 Å². The molecule has 4 nitrogen and oxygen atoms in total. The number of amides is 1. The van der Waals surface area contributed by atoms with Crippen LogP contribution in [0.1, 0.15) is 21.5 Å². The summed E-state index contributed by atoms with van der Waals surface area (Å²) >= 11 is 0. The number of aryl methyl sites for hydroxylation is 1. The molecule has 102 valence electrons. The molecule has 0 fully saturated rings. The fourth-order valence-corrected chi connectivity index (χ4v) is 1.70. The van der Waals surface area contributed by atoms with E-state index in [1.165, 1.54) is 0 Å². The van der Waals surface area contributed by atoms with Gasteiger partial charge in [-0.15, -0.1) is 0 Å². The third-order valence-electron chi connectivity index (χ3n) is 2.82. The summed E-state index contributed by atoms with van der Waals surface area (Å²) in [6.07, 6.45) is 1.56. The lowest BCUT2D eigenvalue weighted by molar-refractivity contribution is 0.0955. The van der Waals surface area contributed by atoms with Crippen molar-refractivity contribution in [3.63, 3.8) is 0 Å². The Kier molecular flexibility index (Phi) is 4.50. The molecule has 0 atom stereocenters. The molecule has 1 amide bonds. The Morgan fingerprint density at radius 2 is 1.85 bits per heavy atom. The minimum atomic E-state index is -0.240. The van der Waals surface area contributed by atoms with Crippen LogP contribution in [0.5, 0.6) is 5.75 Å². The van der Waals surface area contributed by atoms with Crippen LogP contribution >= 0.6 is 0 Å². The quantitative estimate of drug-likeness (QED) is 0.684. The molecular formula is C16H16N2O2. The van der Waals surface area contributed by atoms with Gasteiger partial charge in [-0.25, -0.2) is 5.43 Å². The normalized spacial score (nSPS) is 10.5. The smallest absolute Gasteiger partial charge is 0.271 e. The number of hydrogen-bond donors (Lipinski definition) is 1. The van der Waals surface area contributed by atoms with E-state index in [2.05, 4.69) is 10.5 Å². The van der Waals surface area contributed by atoms with Crippen LogP contribution < -0.4 is 10.2 Å². The maximum Gasteiger partial charge on any atom is 0.271 e. The predicted molar refractivity (Wildman–Crippen MR) is 79.2 cm³/mol. The van der Waals surface area contributed by atoms with Gasteiger partial charge < -0.3 is 4.74 Å². The minimum Gasteiger partial charge on any atom is -0.496 e. The molecule has 20 heavy (non-hydrogen) atoms. The number of carbonyl (C=O) groups excluding carboxylic acids is 1. The first-order valence-electron chi connectivity index (χ1n) is 6.24. The molecule has 2 aromatic carbocycles. The van der Waals surface area contributed by atoms with Gasteiger partial charge in [0, 0.05) is 11.1 Å². The molecule has 0 heterocycles. The van der Waals surface area contributed by atoms with E-state index in [-0.39, 0.29) is 5.91 Å². The summed E-state index contributed by atoms with van der Waals surface area (Å²) in [5.74, 6) is 0.469. The van der Waals surface area contributed by atoms with Gasteiger partial charge in [-0.1, -0.05) is 29.8 Å². The summed E-state index contributed by atoms with van der Waals surface area (Å²) in [6.45, 7) is 1.97. The molecule has 0 bridgehead atoms. The molecule has 2 aromatic rings. The minimum absolute atomic E-state index is 0.240. The first-order chi connectivity index (χ1) is 9.70. The molecular weight excluding hydrogens is 252 g/mol. The number of rotatable bonds is 4. The Bertz CT molecular complexity index is 619. The zero-order chi connectivity index (χ0) is 14.4. The highest BCUT2D eigenvalue weighted by Gasteiger charge is 2.03. The van der Waals surface area contributed by atoms with Gasteiger partial charge >= 0.3 is 0 Å². The molecule has 1 N–H and O–H groups in total. The van der Waals surface area contributed by atoms with E-state index in [9.17, 15) is 4.79 Å². The second kappa shape index (κ2) is 6.52. The summed E-state index contributed by atoms with van der Waals surface area (Å²) in [6, 6.07) is 14.8. The number of benzene rings is 2. The highest BCUT2D eigenvalue weighted by molar-refractivity contribution is 5.95. The van der Waals surface area contributed by atoms with Gasteiger partial charge in [0.2, 0.25) is 0 Å². The van der Waals surface area contributed by atoms with Gasteiger partial charge in [-0.05, 0) is 31.2 Å². The van der Waals surface area contributed by atoms with Crippen molar-refractivity contribution in [2.24, 2.45) is 5.10 Å². The number of ether oxygens (including phenoxy) is 1. The lowest BCUT2D eigenvalue weighted by Gasteiger charge is -2.03. The number of nitrogens with one attached hydrogen (secondary N) is 1. The van der Waals surface area contributed by atoms with Crippen LogP contribution in [-0.4, -0.2) is 19.2 Å². The third-order valence-corrected chi connectivity index (χ3v) is 2.82. The number of nitrogens with zero attached hydrogens (tertiary/aromatic N) is 1. The zero-order valence-electron chi connectivity index (χ0n) is 11.5. The topological polar surface area (TPSA) is 50.7 Å². The van der Waals surface area contributed by atoms with Crippen molar-refractivity contribution in [2.45, 2.75) is 6.92 Å². The fraction of sp³-hybridized carbons (Fsp3) is 0.125. The number of para-hydroxylation sites is 1. The van der Waals surface area contributed by atoms with E-state index >= 15 is 0 Å². The molecule has 0 unspecified atom stereocenters. The first-order valence-corrected chi connectivity index (χ1v) is 6.24. The Balaban J connectivity index is 2.02. The summed E-state index contributed by atoms with van der Waals surface area (Å²) in [4.78, 5) is 11.8. The fourth-order valence-electron chi connectivity index (χ4n) is 1.70. The molecule has 4 heteroatoms. The Morgan fingerprint density at radius 1 is 1.15 bits per heavy atom. The molecule has 0 saturated heterocycles. The van der Waals surface area contributed by atoms with Crippen LogP contribution in [0.15, 0.2) is 53.6 Å². The van der Waals surface area contributed by atoms with Crippen LogP contribution in [0.2, 0.25) is 0 Å². The van der Waals surface area contributed by atoms with E-state index in [1.807, 2.05) is 43.3 Å². The molecule has 0 radical (unpaired) electrons. The first kappa shape index (κ1) is 13.8. The van der Waals surface area contributed by atoms with Gasteiger partial charge in [0.05, 0.1) is 13.3 Å². The van der Waals surface area contributed by atoms with E-state index in [0.717, 1.165) is 11.1 Å². The van der Waals surface area contributed by atoms with Crippen LogP contribution in [-0.2, 0) is 0 Å². The standard InChI is InChI=1S/C16H16N2O2/c1-12-7-9-13(10-8-12)16(19)18-17-11-14-5-3-4-6-15(14)20-2/h3-11H,1-2H3,(H,18,19)/b17-11+. The second-order valence-electron chi connectivity index (χ2n) is 4.31. The van der Waals surface area contributed by atoms with Crippen LogP contribution in [0.25, 0.3) is 0 Å². The maximum atomic E-state index is 11.8. The third kappa shape index (κ3) is 3.45. The Labute approximate surface area is 118 Å². The molecule has 2 rings (SSSR count). The number of hydrazone groups is 1. The largest absolute Gasteiger partial charge is 0.496 e. The van der Waals surface area contributed by atoms with Gasteiger partial charge in [0.15, 0.2) is 0 Å². The van der Waals surface area contributed by atoms with Gasteiger partial charge in [-0.2, -0.15) is 5.10 Å². The maximum absolute atomic E-state index is 11.8. The van der Waals surface area contributed by atoms with Crippen LogP contribution in [0.3, 0.4) is 0 Å². The lowest BCUT2D eigenvalue weighted by atomic mass is 10.1. The summed E-state index contributed by atoms with van der Waals surface area (Å²) in [5.41, 5.74) is 4.98. The average molecular weight is 268 g/mol. The highest BCUT2D eigenvalue weighted by atomic mass is 16.5. The van der Waals surface area contributed by atoms with Crippen molar-refractivity contribution in [1.82, 2.24) is 5.43 Å². The molecule has 0 aliphatic rings. The number of carbonyl (C=O) groups is 1. The van der Waals surface area contributed by atoms with Gasteiger partial charge in [0.25, 0.3) is 5.91 Å². The van der Waals surface area contributed by atoms with Crippen LogP contribution in [0.4, 0.5) is 0 Å². The van der Waals surface area contributed by atoms with Crippen molar-refractivity contribution in [1.29, 1.82) is 0 Å². The average Bonchev–Trinajstić information content (AvgIpc) is 2.48. The molecule has 0 spiro atoms. The summed E-state index contributed by atoms with van der Waals surface area (Å²) < 4.78 is 5.20. The van der Waals surface area contributed by atoms with Crippen molar-refractivity contribution >= 4 is 12.1 Å². The molecule has 0 saturated carbocycles. The summed E-state index contributed by atoms with van der Waals surface area (Å²) in [5, 5.41) is 3.94. The van der Waals surface area contributed by atoms with E-state index in [0.29, 0.717) is 11.3 Å². The highest BCUT2D eigenvalue weighted by Crippen LogP contribution is 2.14. The molecule has 0 aliphatic heterocycles. The predicted octanol–water partition coefficient (Wildman–Crippen LogP) is 2.77. The van der Waals surface area contributed by atoms with Gasteiger partial charge in [-0.3, -0.25) is 4.79 Å². The SMILES string of the molecule is COc1ccccc1/C=N/NC(=O)c1ccc(C)cc1. The van der Waals surface area contributed by atoms with E-state index < -0.39 is 0 Å². The molecule has 0 aliphatic carbocycles. The second-order valence-corrected chi connectivity index (χ2v) is 4.31. The van der Waals surface area contributed by atoms with Gasteiger partial charge in [0.1, 0.15) is 5.75 Å². The van der Waals surface area contributed by atoms with Crippen LogP contribution in [0, 0.1) is 6.92 Å². The van der Waals surface area contributed by atoms with Crippen molar-refractivity contribution in [2.75, 3.05) is 7.11 Å². The number of hydrogen-bond acceptors (Lipinski definition) is 3. The number of methoxy groups -OCH3 is 1. The van der Waals surface area contributed by atoms with Crippen molar-refractivity contribution in [3.05, 3.63) is 65.2 Å². The van der Waals surface area contributed by atoms with Crippen molar-refractivity contribution in [3.8, 4) is 5.75 Å².